The van der Waals surface area contributed by atoms with Crippen LogP contribution in [0.3, 0.4) is 0 Å². The molecule has 0 saturated carbocycles. The summed E-state index contributed by atoms with van der Waals surface area (Å²) in [6.07, 6.45) is 4.82. The van der Waals surface area contributed by atoms with Crippen molar-refractivity contribution < 1.29 is 0 Å². The molecule has 10 rings (SSSR count). The number of benzene rings is 5. The summed E-state index contributed by atoms with van der Waals surface area (Å²) in [5, 5.41) is 2.81. The Morgan fingerprint density at radius 3 is 1.75 bits per heavy atom. The SMILES string of the molecule is Cc1ccc(N2B3c4cc5c(cc4-n4c6ccccc6c6c(C(C)C)cc(c3c64)-c3cc4c(cc32)C(C)(C)CCC4(C)C)C(C)(C)CCC5(C)C)cc1. The van der Waals surface area contributed by atoms with Crippen LogP contribution in [0.5, 0.6) is 0 Å². The Bertz CT molecular complexity index is 2560. The third-order valence-electron chi connectivity index (χ3n) is 14.5. The van der Waals surface area contributed by atoms with Crippen molar-refractivity contribution in [1.29, 1.82) is 0 Å². The fraction of sp³-hybridized carbons (Fsp3) is 0.400. The van der Waals surface area contributed by atoms with E-state index in [1.807, 2.05) is 0 Å². The summed E-state index contributed by atoms with van der Waals surface area (Å²) in [5.41, 5.74) is 21.8. The molecule has 0 atom stereocenters. The quantitative estimate of drug-likeness (QED) is 0.164. The van der Waals surface area contributed by atoms with Crippen LogP contribution < -0.4 is 15.7 Å². The normalized spacial score (nSPS) is 19.6. The first-order chi connectivity index (χ1) is 25.0. The first-order valence-electron chi connectivity index (χ1n) is 20.3. The number of para-hydroxylation sites is 1. The summed E-state index contributed by atoms with van der Waals surface area (Å²) < 4.78 is 2.70. The van der Waals surface area contributed by atoms with E-state index < -0.39 is 0 Å². The predicted octanol–water partition coefficient (Wildman–Crippen LogP) is 12.2. The first kappa shape index (κ1) is 33.3. The monoisotopic (exact) mass is 694 g/mol. The number of aryl methyl sites for hydroxylation is 1. The van der Waals surface area contributed by atoms with E-state index in [1.165, 1.54) is 120 Å². The second-order valence-electron chi connectivity index (χ2n) is 20.2. The minimum atomic E-state index is 0.0413. The van der Waals surface area contributed by atoms with Gasteiger partial charge in [0, 0.05) is 33.4 Å². The molecule has 268 valence electrons. The van der Waals surface area contributed by atoms with Gasteiger partial charge < -0.3 is 9.38 Å². The zero-order chi connectivity index (χ0) is 37.1. The number of anilines is 2. The van der Waals surface area contributed by atoms with Gasteiger partial charge in [-0.15, -0.1) is 0 Å². The maximum atomic E-state index is 2.76. The van der Waals surface area contributed by atoms with E-state index in [9.17, 15) is 0 Å². The van der Waals surface area contributed by atoms with Crippen LogP contribution in [0.25, 0.3) is 38.6 Å². The van der Waals surface area contributed by atoms with Crippen molar-refractivity contribution >= 4 is 51.0 Å². The Labute approximate surface area is 317 Å². The predicted molar refractivity (Wildman–Crippen MR) is 229 cm³/mol. The molecule has 0 bridgehead atoms. The zero-order valence-electron chi connectivity index (χ0n) is 33.9. The largest absolute Gasteiger partial charge is 0.376 e. The number of fused-ring (bicyclic) bond motifs is 10. The molecule has 0 fully saturated rings. The maximum absolute atomic E-state index is 2.76. The van der Waals surface area contributed by atoms with Gasteiger partial charge in [0.25, 0.3) is 0 Å². The van der Waals surface area contributed by atoms with Gasteiger partial charge in [-0.3, -0.25) is 0 Å². The van der Waals surface area contributed by atoms with Gasteiger partial charge in [-0.25, -0.2) is 0 Å². The molecule has 3 heteroatoms. The molecule has 6 aromatic rings. The topological polar surface area (TPSA) is 8.17 Å². The van der Waals surface area contributed by atoms with Crippen LogP contribution >= 0.6 is 0 Å². The van der Waals surface area contributed by atoms with Crippen LogP contribution in [-0.4, -0.2) is 11.4 Å². The first-order valence-corrected chi connectivity index (χ1v) is 20.3. The van der Waals surface area contributed by atoms with E-state index in [0.717, 1.165) is 0 Å². The Morgan fingerprint density at radius 2 is 1.15 bits per heavy atom. The summed E-state index contributed by atoms with van der Waals surface area (Å²) >= 11 is 0. The molecule has 2 aliphatic heterocycles. The molecule has 53 heavy (non-hydrogen) atoms. The van der Waals surface area contributed by atoms with Crippen molar-refractivity contribution in [1.82, 2.24) is 4.57 Å². The maximum Gasteiger partial charge on any atom is 0.333 e. The highest BCUT2D eigenvalue weighted by Crippen LogP contribution is 2.54. The van der Waals surface area contributed by atoms with Crippen LogP contribution in [0.15, 0.2) is 78.9 Å². The Hall–Kier alpha value is -4.24. The fourth-order valence-electron chi connectivity index (χ4n) is 11.0. The van der Waals surface area contributed by atoms with Gasteiger partial charge in [0.2, 0.25) is 0 Å². The molecule has 0 N–H and O–H groups in total. The molecule has 4 aliphatic rings. The minimum absolute atomic E-state index is 0.0413. The highest BCUT2D eigenvalue weighted by atomic mass is 15.1. The van der Waals surface area contributed by atoms with E-state index in [0.29, 0.717) is 5.92 Å². The summed E-state index contributed by atoms with van der Waals surface area (Å²) in [6, 6.07) is 31.9. The van der Waals surface area contributed by atoms with Gasteiger partial charge in [-0.05, 0) is 141 Å². The van der Waals surface area contributed by atoms with E-state index in [-0.39, 0.29) is 28.5 Å². The number of aromatic nitrogens is 1. The van der Waals surface area contributed by atoms with E-state index in [2.05, 4.69) is 164 Å². The molecule has 2 nitrogen and oxygen atoms in total. The van der Waals surface area contributed by atoms with Crippen molar-refractivity contribution in [2.75, 3.05) is 4.81 Å². The molecule has 1 aromatic heterocycles. The van der Waals surface area contributed by atoms with Crippen molar-refractivity contribution in [2.24, 2.45) is 0 Å². The van der Waals surface area contributed by atoms with Gasteiger partial charge in [-0.2, -0.15) is 0 Å². The van der Waals surface area contributed by atoms with Crippen LogP contribution in [0, 0.1) is 6.92 Å². The van der Waals surface area contributed by atoms with Gasteiger partial charge in [0.1, 0.15) is 0 Å². The van der Waals surface area contributed by atoms with Gasteiger partial charge in [-0.1, -0.05) is 117 Å². The molecule has 0 amide bonds. The van der Waals surface area contributed by atoms with Crippen LogP contribution in [0.4, 0.5) is 11.4 Å². The van der Waals surface area contributed by atoms with E-state index in [4.69, 9.17) is 0 Å². The Morgan fingerprint density at radius 1 is 0.604 bits per heavy atom. The lowest BCUT2D eigenvalue weighted by Crippen LogP contribution is -2.61. The van der Waals surface area contributed by atoms with Crippen LogP contribution in [0.1, 0.15) is 134 Å². The molecular formula is C50H55BN2. The second-order valence-corrected chi connectivity index (χ2v) is 20.2. The van der Waals surface area contributed by atoms with Gasteiger partial charge in [0.15, 0.2) is 0 Å². The summed E-state index contributed by atoms with van der Waals surface area (Å²) in [7, 11) is 0. The molecule has 0 saturated heterocycles. The van der Waals surface area contributed by atoms with Gasteiger partial charge >= 0.3 is 6.85 Å². The number of nitrogens with zero attached hydrogens (tertiary/aromatic N) is 2. The summed E-state index contributed by atoms with van der Waals surface area (Å²) in [4.78, 5) is 2.76. The smallest absolute Gasteiger partial charge is 0.333 e. The molecule has 0 spiro atoms. The van der Waals surface area contributed by atoms with Crippen molar-refractivity contribution in [3.8, 4) is 16.8 Å². The second kappa shape index (κ2) is 10.5. The minimum Gasteiger partial charge on any atom is -0.376 e. The third kappa shape index (κ3) is 4.40. The average molecular weight is 695 g/mol. The van der Waals surface area contributed by atoms with E-state index in [1.54, 1.807) is 0 Å². The lowest BCUT2D eigenvalue weighted by atomic mass is 9.43. The van der Waals surface area contributed by atoms with Gasteiger partial charge in [0.05, 0.1) is 11.0 Å². The summed E-state index contributed by atoms with van der Waals surface area (Å²) in [5.74, 6) is 0.384. The molecule has 5 aromatic carbocycles. The number of hydrogen-bond donors (Lipinski definition) is 0. The highest BCUT2D eigenvalue weighted by Gasteiger charge is 2.48. The van der Waals surface area contributed by atoms with E-state index >= 15 is 0 Å². The molecule has 3 heterocycles. The van der Waals surface area contributed by atoms with Crippen molar-refractivity contribution in [3.05, 3.63) is 112 Å². The molecule has 2 aliphatic carbocycles. The lowest BCUT2D eigenvalue weighted by molar-refractivity contribution is 0.332. The molecule has 0 radical (unpaired) electrons. The van der Waals surface area contributed by atoms with Crippen LogP contribution in [-0.2, 0) is 21.7 Å². The standard InChI is InChI=1S/C50H55BN2/c1-29(2)33-24-35-34-25-36-38(49(8,9)22-20-47(36,4)5)27-42(34)53(31-18-16-30(3)17-19-31)51-40-26-37-39(50(10,11)23-21-48(37,6)7)28-43(40)52-41-15-13-12-14-32(41)44(33)46(52)45(35)51/h12-19,24-29H,20-23H2,1-11H3. The molecular weight excluding hydrogens is 639 g/mol. The molecule has 0 unspecified atom stereocenters. The fourth-order valence-corrected chi connectivity index (χ4v) is 11.0. The lowest BCUT2D eigenvalue weighted by Gasteiger charge is -2.47. The van der Waals surface area contributed by atoms with Crippen LogP contribution in [0.2, 0.25) is 0 Å². The summed E-state index contributed by atoms with van der Waals surface area (Å²) in [6.45, 7) is 26.9. The number of hydrogen-bond acceptors (Lipinski definition) is 1. The Balaban J connectivity index is 1.44. The average Bonchev–Trinajstić information content (AvgIpc) is 3.46. The van der Waals surface area contributed by atoms with Crippen molar-refractivity contribution in [2.45, 2.75) is 129 Å². The Kier molecular flexibility index (Phi) is 6.60. The number of rotatable bonds is 2. The van der Waals surface area contributed by atoms with Crippen molar-refractivity contribution in [3.63, 3.8) is 0 Å². The zero-order valence-corrected chi connectivity index (χ0v) is 33.9. The third-order valence-corrected chi connectivity index (χ3v) is 14.5. The highest BCUT2D eigenvalue weighted by molar-refractivity contribution is 6.93.